The molecule has 1 fully saturated rings. The van der Waals surface area contributed by atoms with Crippen LogP contribution in [0.25, 0.3) is 11.3 Å². The predicted molar refractivity (Wildman–Crippen MR) is 122 cm³/mol. The number of hydrogen-bond acceptors (Lipinski definition) is 4. The van der Waals surface area contributed by atoms with Gasteiger partial charge in [0.05, 0.1) is 12.0 Å². The van der Waals surface area contributed by atoms with Gasteiger partial charge in [0.2, 0.25) is 5.06 Å². The van der Waals surface area contributed by atoms with Crippen LogP contribution in [-0.2, 0) is 0 Å². The summed E-state index contributed by atoms with van der Waals surface area (Å²) < 4.78 is 10.6. The zero-order valence-electron chi connectivity index (χ0n) is 16.7. The number of aryl methyl sites for hydroxylation is 2. The van der Waals surface area contributed by atoms with E-state index < -0.39 is 0 Å². The van der Waals surface area contributed by atoms with Crippen LogP contribution in [0.2, 0.25) is 5.02 Å². The quantitative estimate of drug-likeness (QED) is 0.325. The molecule has 0 aliphatic carbocycles. The highest BCUT2D eigenvalue weighted by molar-refractivity contribution is 7.08. The molecule has 0 bridgehead atoms. The van der Waals surface area contributed by atoms with Crippen LogP contribution in [0.4, 0.5) is 5.69 Å². The number of rotatable bonds is 5. The number of aliphatic imine (C=N–C) groups is 1. The SMILES string of the molecule is Cc1cc(Oc2snc(-c3ccccc3)c2Cl)c(C)cc1N=CN1CCCCC1. The van der Waals surface area contributed by atoms with Crippen LogP contribution in [-0.4, -0.2) is 28.7 Å². The monoisotopic (exact) mass is 425 g/mol. The Morgan fingerprint density at radius 2 is 1.83 bits per heavy atom. The summed E-state index contributed by atoms with van der Waals surface area (Å²) in [5.41, 5.74) is 4.80. The van der Waals surface area contributed by atoms with Gasteiger partial charge in [0.15, 0.2) is 0 Å². The number of nitrogens with zero attached hydrogens (tertiary/aromatic N) is 3. The molecule has 0 atom stereocenters. The molecule has 0 amide bonds. The van der Waals surface area contributed by atoms with Crippen molar-refractivity contribution in [1.29, 1.82) is 0 Å². The largest absolute Gasteiger partial charge is 0.443 e. The van der Waals surface area contributed by atoms with Gasteiger partial charge in [0.1, 0.15) is 16.5 Å². The maximum absolute atomic E-state index is 6.56. The third kappa shape index (κ3) is 4.62. The van der Waals surface area contributed by atoms with Crippen molar-refractivity contribution >= 4 is 35.2 Å². The van der Waals surface area contributed by atoms with Gasteiger partial charge < -0.3 is 9.64 Å². The Hall–Kier alpha value is -2.37. The van der Waals surface area contributed by atoms with Crippen LogP contribution in [0, 0.1) is 13.8 Å². The molecule has 0 unspecified atom stereocenters. The minimum atomic E-state index is 0.547. The van der Waals surface area contributed by atoms with Crippen molar-refractivity contribution in [1.82, 2.24) is 9.27 Å². The molecule has 29 heavy (non-hydrogen) atoms. The van der Waals surface area contributed by atoms with Gasteiger partial charge >= 0.3 is 0 Å². The molecular formula is C23H24ClN3OS. The molecule has 0 radical (unpaired) electrons. The van der Waals surface area contributed by atoms with Crippen LogP contribution in [0.3, 0.4) is 0 Å². The normalized spacial score (nSPS) is 14.5. The highest BCUT2D eigenvalue weighted by Crippen LogP contribution is 2.42. The topological polar surface area (TPSA) is 37.7 Å². The van der Waals surface area contributed by atoms with Crippen molar-refractivity contribution in [2.45, 2.75) is 33.1 Å². The fourth-order valence-electron chi connectivity index (χ4n) is 3.40. The second-order valence-corrected chi connectivity index (χ2v) is 8.46. The summed E-state index contributed by atoms with van der Waals surface area (Å²) in [6, 6.07) is 14.0. The molecule has 0 spiro atoms. The van der Waals surface area contributed by atoms with Crippen molar-refractivity contribution in [3.63, 3.8) is 0 Å². The van der Waals surface area contributed by atoms with E-state index in [-0.39, 0.29) is 0 Å². The van der Waals surface area contributed by atoms with Crippen molar-refractivity contribution in [3.05, 3.63) is 58.6 Å². The summed E-state index contributed by atoms with van der Waals surface area (Å²) in [4.78, 5) is 7.01. The third-order valence-corrected chi connectivity index (χ3v) is 6.29. The molecule has 2 aromatic carbocycles. The van der Waals surface area contributed by atoms with E-state index in [0.29, 0.717) is 10.1 Å². The van der Waals surface area contributed by atoms with Crippen LogP contribution < -0.4 is 4.74 Å². The lowest BCUT2D eigenvalue weighted by Crippen LogP contribution is -2.28. The average Bonchev–Trinajstić information content (AvgIpc) is 3.11. The van der Waals surface area contributed by atoms with E-state index in [1.54, 1.807) is 0 Å². The molecule has 1 aliphatic rings. The first-order valence-corrected chi connectivity index (χ1v) is 11.0. The molecule has 6 heteroatoms. The second-order valence-electron chi connectivity index (χ2n) is 7.35. The third-order valence-electron chi connectivity index (χ3n) is 5.10. The molecule has 2 heterocycles. The number of likely N-dealkylation sites (tertiary alicyclic amines) is 1. The lowest BCUT2D eigenvalue weighted by Gasteiger charge is -2.23. The molecule has 4 nitrogen and oxygen atoms in total. The van der Waals surface area contributed by atoms with Crippen LogP contribution >= 0.6 is 23.1 Å². The van der Waals surface area contributed by atoms with Crippen LogP contribution in [0.1, 0.15) is 30.4 Å². The Labute approximate surface area is 181 Å². The van der Waals surface area contributed by atoms with E-state index in [1.807, 2.05) is 49.7 Å². The minimum Gasteiger partial charge on any atom is -0.443 e. The summed E-state index contributed by atoms with van der Waals surface area (Å²) >= 11 is 7.83. The van der Waals surface area contributed by atoms with E-state index in [9.17, 15) is 0 Å². The molecule has 1 saturated heterocycles. The number of halogens is 1. The minimum absolute atomic E-state index is 0.547. The van der Waals surface area contributed by atoms with Gasteiger partial charge in [-0.3, -0.25) is 0 Å². The molecule has 3 aromatic rings. The first-order chi connectivity index (χ1) is 14.1. The molecule has 1 aliphatic heterocycles. The van der Waals surface area contributed by atoms with Gasteiger partial charge in [-0.05, 0) is 56.4 Å². The zero-order chi connectivity index (χ0) is 20.2. The maximum Gasteiger partial charge on any atom is 0.219 e. The van der Waals surface area contributed by atoms with E-state index in [0.717, 1.165) is 46.9 Å². The van der Waals surface area contributed by atoms with Gasteiger partial charge in [-0.25, -0.2) is 4.99 Å². The Morgan fingerprint density at radius 1 is 1.07 bits per heavy atom. The van der Waals surface area contributed by atoms with Crippen LogP contribution in [0.15, 0.2) is 47.5 Å². The van der Waals surface area contributed by atoms with Gasteiger partial charge in [0, 0.05) is 30.2 Å². The number of ether oxygens (including phenoxy) is 1. The molecule has 0 N–H and O–H groups in total. The maximum atomic E-state index is 6.56. The molecule has 150 valence electrons. The Morgan fingerprint density at radius 3 is 2.59 bits per heavy atom. The van der Waals surface area contributed by atoms with Crippen molar-refractivity contribution in [2.75, 3.05) is 13.1 Å². The second kappa shape index (κ2) is 8.97. The lowest BCUT2D eigenvalue weighted by molar-refractivity contribution is 0.351. The first kappa shape index (κ1) is 19.9. The lowest BCUT2D eigenvalue weighted by atomic mass is 10.1. The number of piperidine rings is 1. The van der Waals surface area contributed by atoms with Crippen LogP contribution in [0.5, 0.6) is 10.8 Å². The standard InChI is InChI=1S/C23H24ClN3OS/c1-16-14-20(17(2)13-19(16)25-15-27-11-7-4-8-12-27)28-23-21(24)22(26-29-23)18-9-5-3-6-10-18/h3,5-6,9-10,13-15H,4,7-8,11-12H2,1-2H3. The number of hydrogen-bond donors (Lipinski definition) is 0. The Balaban J connectivity index is 1.53. The summed E-state index contributed by atoms with van der Waals surface area (Å²) in [6.07, 6.45) is 5.79. The fourth-order valence-corrected chi connectivity index (χ4v) is 4.42. The van der Waals surface area contributed by atoms with Crippen molar-refractivity contribution in [2.24, 2.45) is 4.99 Å². The highest BCUT2D eigenvalue weighted by atomic mass is 35.5. The van der Waals surface area contributed by atoms with E-state index in [2.05, 4.69) is 22.3 Å². The summed E-state index contributed by atoms with van der Waals surface area (Å²) in [5.74, 6) is 0.782. The summed E-state index contributed by atoms with van der Waals surface area (Å²) in [6.45, 7) is 6.27. The summed E-state index contributed by atoms with van der Waals surface area (Å²) in [5, 5.41) is 1.16. The first-order valence-electron chi connectivity index (χ1n) is 9.90. The van der Waals surface area contributed by atoms with E-state index in [1.165, 1.54) is 30.8 Å². The molecule has 1 aromatic heterocycles. The number of benzene rings is 2. The fraction of sp³-hybridized carbons (Fsp3) is 0.304. The zero-order valence-corrected chi connectivity index (χ0v) is 18.3. The highest BCUT2D eigenvalue weighted by Gasteiger charge is 2.17. The van der Waals surface area contributed by atoms with E-state index >= 15 is 0 Å². The van der Waals surface area contributed by atoms with Gasteiger partial charge in [-0.1, -0.05) is 41.9 Å². The summed E-state index contributed by atoms with van der Waals surface area (Å²) in [7, 11) is 0. The van der Waals surface area contributed by atoms with E-state index in [4.69, 9.17) is 21.3 Å². The van der Waals surface area contributed by atoms with Gasteiger partial charge in [-0.2, -0.15) is 4.37 Å². The van der Waals surface area contributed by atoms with Gasteiger partial charge in [0.25, 0.3) is 0 Å². The van der Waals surface area contributed by atoms with Crippen molar-refractivity contribution < 1.29 is 4.74 Å². The van der Waals surface area contributed by atoms with Gasteiger partial charge in [-0.15, -0.1) is 0 Å². The molecular weight excluding hydrogens is 402 g/mol. The number of aromatic nitrogens is 1. The molecule has 4 rings (SSSR count). The van der Waals surface area contributed by atoms with Crippen molar-refractivity contribution in [3.8, 4) is 22.1 Å². The average molecular weight is 426 g/mol. The Kier molecular flexibility index (Phi) is 6.16. The smallest absolute Gasteiger partial charge is 0.219 e. The Bertz CT molecular complexity index is 1010. The molecule has 0 saturated carbocycles. The predicted octanol–water partition coefficient (Wildman–Crippen LogP) is 7.02.